The number of aliphatic carboxylic acids is 1. The molecule has 0 aliphatic carbocycles. The van der Waals surface area contributed by atoms with Gasteiger partial charge in [0.2, 0.25) is 5.91 Å². The van der Waals surface area contributed by atoms with Crippen molar-refractivity contribution in [2.45, 2.75) is 52.5 Å². The van der Waals surface area contributed by atoms with Gasteiger partial charge in [-0.25, -0.2) is 4.98 Å². The van der Waals surface area contributed by atoms with Crippen LogP contribution in [0.2, 0.25) is 0 Å². The first kappa shape index (κ1) is 19.4. The number of hydrogen-bond donors (Lipinski definition) is 1. The van der Waals surface area contributed by atoms with Gasteiger partial charge in [-0.2, -0.15) is 0 Å². The number of carboxylic acids is 1. The Morgan fingerprint density at radius 3 is 2.60 bits per heavy atom. The molecule has 7 nitrogen and oxygen atoms in total. The van der Waals surface area contributed by atoms with E-state index in [0.717, 1.165) is 23.5 Å². The van der Waals surface area contributed by atoms with E-state index in [4.69, 9.17) is 5.11 Å². The summed E-state index contributed by atoms with van der Waals surface area (Å²) >= 11 is 1.44. The van der Waals surface area contributed by atoms with Crippen LogP contribution in [0.5, 0.6) is 0 Å². The molecule has 1 aliphatic heterocycles. The van der Waals surface area contributed by atoms with E-state index in [0.29, 0.717) is 30.8 Å². The van der Waals surface area contributed by atoms with Gasteiger partial charge in [-0.15, -0.1) is 11.3 Å². The first-order valence-corrected chi connectivity index (χ1v) is 9.39. The molecular formula is C17H25N3O4S. The van der Waals surface area contributed by atoms with E-state index in [1.54, 1.807) is 4.90 Å². The molecule has 0 spiro atoms. The van der Waals surface area contributed by atoms with Crippen molar-refractivity contribution in [3.05, 3.63) is 15.6 Å². The Kier molecular flexibility index (Phi) is 6.52. The average Bonchev–Trinajstić information content (AvgIpc) is 2.78. The van der Waals surface area contributed by atoms with Crippen molar-refractivity contribution in [1.82, 2.24) is 14.8 Å². The average molecular weight is 367 g/mol. The van der Waals surface area contributed by atoms with Gasteiger partial charge < -0.3 is 14.9 Å². The van der Waals surface area contributed by atoms with Crippen LogP contribution in [0.1, 0.15) is 53.5 Å². The lowest BCUT2D eigenvalue weighted by atomic mass is 10.1. The molecule has 1 fully saturated rings. The van der Waals surface area contributed by atoms with Gasteiger partial charge in [0.25, 0.3) is 5.91 Å². The molecule has 2 rings (SSSR count). The molecule has 1 aromatic rings. The number of rotatable bonds is 5. The summed E-state index contributed by atoms with van der Waals surface area (Å²) in [4.78, 5) is 43.9. The molecule has 8 heteroatoms. The van der Waals surface area contributed by atoms with E-state index < -0.39 is 5.97 Å². The van der Waals surface area contributed by atoms with Gasteiger partial charge in [0.15, 0.2) is 0 Å². The topological polar surface area (TPSA) is 90.8 Å². The van der Waals surface area contributed by atoms with E-state index in [9.17, 15) is 14.4 Å². The summed E-state index contributed by atoms with van der Waals surface area (Å²) in [6, 6.07) is -0.139. The Morgan fingerprint density at radius 2 is 2.04 bits per heavy atom. The predicted octanol–water partition coefficient (Wildman–Crippen LogP) is 1.94. The van der Waals surface area contributed by atoms with Crippen molar-refractivity contribution in [1.29, 1.82) is 0 Å². The van der Waals surface area contributed by atoms with Crippen LogP contribution in [0, 0.1) is 6.92 Å². The van der Waals surface area contributed by atoms with Gasteiger partial charge in [0, 0.05) is 26.1 Å². The third-order valence-electron chi connectivity index (χ3n) is 4.47. The minimum Gasteiger partial charge on any atom is -0.480 e. The Labute approximate surface area is 151 Å². The lowest BCUT2D eigenvalue weighted by Gasteiger charge is -2.28. The second-order valence-electron chi connectivity index (χ2n) is 6.29. The fourth-order valence-corrected chi connectivity index (χ4v) is 4.15. The Hall–Kier alpha value is -1.96. The number of aromatic nitrogens is 1. The molecule has 1 unspecified atom stereocenters. The maximum Gasteiger partial charge on any atom is 0.323 e. The Bertz CT molecular complexity index is 658. The number of nitrogens with zero attached hydrogens (tertiary/aromatic N) is 3. The molecule has 2 amide bonds. The lowest BCUT2D eigenvalue weighted by Crippen LogP contribution is -2.43. The van der Waals surface area contributed by atoms with Crippen molar-refractivity contribution in [2.75, 3.05) is 19.6 Å². The number of thiazole rings is 1. The first-order valence-electron chi connectivity index (χ1n) is 8.58. The summed E-state index contributed by atoms with van der Waals surface area (Å²) in [7, 11) is 0. The molecule has 1 saturated heterocycles. The maximum atomic E-state index is 12.8. The monoisotopic (exact) mass is 367 g/mol. The maximum absolute atomic E-state index is 12.8. The zero-order valence-electron chi connectivity index (χ0n) is 14.9. The highest BCUT2D eigenvalue weighted by Gasteiger charge is 2.29. The largest absolute Gasteiger partial charge is 0.480 e. The second-order valence-corrected chi connectivity index (χ2v) is 7.38. The van der Waals surface area contributed by atoms with Crippen LogP contribution >= 0.6 is 11.3 Å². The van der Waals surface area contributed by atoms with Crippen molar-refractivity contribution >= 4 is 29.1 Å². The highest BCUT2D eigenvalue weighted by atomic mass is 32.1. The Balaban J connectivity index is 2.07. The van der Waals surface area contributed by atoms with Crippen LogP contribution in [0.15, 0.2) is 0 Å². The molecule has 0 aromatic carbocycles. The van der Waals surface area contributed by atoms with Crippen molar-refractivity contribution < 1.29 is 19.5 Å². The molecule has 1 aliphatic rings. The predicted molar refractivity (Wildman–Crippen MR) is 94.8 cm³/mol. The van der Waals surface area contributed by atoms with Crippen LogP contribution < -0.4 is 0 Å². The van der Waals surface area contributed by atoms with E-state index in [1.165, 1.54) is 23.2 Å². The zero-order valence-corrected chi connectivity index (χ0v) is 15.8. The van der Waals surface area contributed by atoms with Crippen LogP contribution in [-0.4, -0.2) is 63.4 Å². The summed E-state index contributed by atoms with van der Waals surface area (Å²) in [5.74, 6) is -1.26. The smallest absolute Gasteiger partial charge is 0.323 e. The van der Waals surface area contributed by atoms with E-state index in [1.807, 2.05) is 13.8 Å². The van der Waals surface area contributed by atoms with Gasteiger partial charge in [-0.3, -0.25) is 14.4 Å². The fraction of sp³-hybridized carbons (Fsp3) is 0.647. The van der Waals surface area contributed by atoms with Crippen molar-refractivity contribution in [3.8, 4) is 0 Å². The zero-order chi connectivity index (χ0) is 18.6. The molecule has 2 heterocycles. The van der Waals surface area contributed by atoms with Gasteiger partial charge in [-0.05, 0) is 32.6 Å². The van der Waals surface area contributed by atoms with Gasteiger partial charge in [0.05, 0.1) is 10.7 Å². The minimum absolute atomic E-state index is 0.0111. The lowest BCUT2D eigenvalue weighted by molar-refractivity contribution is -0.145. The highest BCUT2D eigenvalue weighted by Crippen LogP contribution is 2.23. The molecular weight excluding hydrogens is 342 g/mol. The number of hydrogen-bond acceptors (Lipinski definition) is 5. The molecule has 1 N–H and O–H groups in total. The quantitative estimate of drug-likeness (QED) is 0.859. The summed E-state index contributed by atoms with van der Waals surface area (Å²) in [5, 5.41) is 9.97. The first-order chi connectivity index (χ1) is 11.8. The summed E-state index contributed by atoms with van der Waals surface area (Å²) in [5.41, 5.74) is 0.767. The SMILES string of the molecule is CCc1nc(C)c(C(=O)N2CCCC(N(CC(=O)O)C(C)=O)CC2)s1. The molecule has 1 atom stereocenters. The molecule has 0 bridgehead atoms. The van der Waals surface area contributed by atoms with Gasteiger partial charge in [-0.1, -0.05) is 6.92 Å². The van der Waals surface area contributed by atoms with Crippen molar-refractivity contribution in [3.63, 3.8) is 0 Å². The fourth-order valence-electron chi connectivity index (χ4n) is 3.18. The van der Waals surface area contributed by atoms with Crippen molar-refractivity contribution in [2.24, 2.45) is 0 Å². The van der Waals surface area contributed by atoms with Gasteiger partial charge in [0.1, 0.15) is 11.4 Å². The third kappa shape index (κ3) is 4.78. The number of aryl methyl sites for hydroxylation is 2. The minimum atomic E-state index is -1.01. The van der Waals surface area contributed by atoms with E-state index >= 15 is 0 Å². The number of carbonyl (C=O) groups excluding carboxylic acids is 2. The summed E-state index contributed by atoms with van der Waals surface area (Å²) in [6.45, 7) is 6.11. The number of carbonyl (C=O) groups is 3. The standard InChI is InChI=1S/C17H25N3O4S/c1-4-14-18-11(2)16(25-14)17(24)19-8-5-6-13(7-9-19)20(12(3)21)10-15(22)23/h13H,4-10H2,1-3H3,(H,22,23). The normalized spacial score (nSPS) is 17.9. The van der Waals surface area contributed by atoms with E-state index in [2.05, 4.69) is 4.98 Å². The molecule has 0 radical (unpaired) electrons. The van der Waals surface area contributed by atoms with E-state index in [-0.39, 0.29) is 24.4 Å². The molecule has 138 valence electrons. The molecule has 25 heavy (non-hydrogen) atoms. The molecule has 1 aromatic heterocycles. The van der Waals surface area contributed by atoms with Crippen LogP contribution in [-0.2, 0) is 16.0 Å². The number of amides is 2. The third-order valence-corrected chi connectivity index (χ3v) is 5.76. The number of carboxylic acid groups (broad SMARTS) is 1. The summed E-state index contributed by atoms with van der Waals surface area (Å²) in [6.07, 6.45) is 2.86. The number of likely N-dealkylation sites (tertiary alicyclic amines) is 1. The highest BCUT2D eigenvalue weighted by molar-refractivity contribution is 7.13. The molecule has 0 saturated carbocycles. The van der Waals surface area contributed by atoms with Gasteiger partial charge >= 0.3 is 5.97 Å². The summed E-state index contributed by atoms with van der Waals surface area (Å²) < 4.78 is 0. The second kappa shape index (κ2) is 8.42. The van der Waals surface area contributed by atoms with Crippen LogP contribution in [0.4, 0.5) is 0 Å². The van der Waals surface area contributed by atoms with Crippen LogP contribution in [0.3, 0.4) is 0 Å². The Morgan fingerprint density at radius 1 is 1.32 bits per heavy atom. The van der Waals surface area contributed by atoms with Crippen LogP contribution in [0.25, 0.3) is 0 Å².